The number of aliphatic imine (C=N–C) groups is 1. The number of hydrogen-bond acceptors (Lipinski definition) is 5. The molecule has 3 N–H and O–H groups in total. The summed E-state index contributed by atoms with van der Waals surface area (Å²) in [4.78, 5) is 31.1. The average molecular weight is 487 g/mol. The van der Waals surface area contributed by atoms with Gasteiger partial charge in [0.1, 0.15) is 5.84 Å². The van der Waals surface area contributed by atoms with Gasteiger partial charge >= 0.3 is 0 Å². The van der Waals surface area contributed by atoms with E-state index in [4.69, 9.17) is 0 Å². The Morgan fingerprint density at radius 2 is 1.74 bits per heavy atom. The summed E-state index contributed by atoms with van der Waals surface area (Å²) in [7, 11) is 0. The molecule has 0 spiro atoms. The van der Waals surface area contributed by atoms with Crippen molar-refractivity contribution >= 4 is 34.7 Å². The third-order valence-corrected chi connectivity index (χ3v) is 7.61. The standard InChI is InChI=1S/C28H30N4O2S/c33-27(31-18-24-7-4-14-35-24)21-8-9-22-17-30-26(25(22)15-21)32-28(34)20-10-12-23(13-11-20)29-16-19-5-2-1-3-6-19/h4,7-15,19,29H,1-3,5-6,16-18H2,(H,31,33)(H,30,32,34). The van der Waals surface area contributed by atoms with E-state index in [-0.39, 0.29) is 11.8 Å². The third-order valence-electron chi connectivity index (χ3n) is 6.74. The number of hydrogen-bond donors (Lipinski definition) is 3. The van der Waals surface area contributed by atoms with Gasteiger partial charge < -0.3 is 16.0 Å². The molecular weight excluding hydrogens is 456 g/mol. The molecule has 2 aliphatic rings. The van der Waals surface area contributed by atoms with Gasteiger partial charge in [-0.3, -0.25) is 14.6 Å². The molecule has 180 valence electrons. The first-order chi connectivity index (χ1) is 17.2. The number of fused-ring (bicyclic) bond motifs is 1. The Morgan fingerprint density at radius 3 is 2.51 bits per heavy atom. The van der Waals surface area contributed by atoms with Crippen LogP contribution in [-0.2, 0) is 13.1 Å². The highest BCUT2D eigenvalue weighted by atomic mass is 32.1. The van der Waals surface area contributed by atoms with Crippen molar-refractivity contribution in [3.8, 4) is 0 Å². The number of carbonyl (C=O) groups excluding carboxylic acids is 2. The Balaban J connectivity index is 1.18. The van der Waals surface area contributed by atoms with E-state index in [1.54, 1.807) is 11.3 Å². The Bertz CT molecular complexity index is 1210. The van der Waals surface area contributed by atoms with E-state index in [1.807, 2.05) is 60.0 Å². The summed E-state index contributed by atoms with van der Waals surface area (Å²) in [6, 6.07) is 17.1. The third kappa shape index (κ3) is 5.80. The van der Waals surface area contributed by atoms with E-state index in [1.165, 1.54) is 32.1 Å². The zero-order chi connectivity index (χ0) is 24.0. The summed E-state index contributed by atoms with van der Waals surface area (Å²) >= 11 is 1.61. The van der Waals surface area contributed by atoms with Crippen LogP contribution in [0.3, 0.4) is 0 Å². The summed E-state index contributed by atoms with van der Waals surface area (Å²) in [6.45, 7) is 1.98. The van der Waals surface area contributed by atoms with E-state index >= 15 is 0 Å². The van der Waals surface area contributed by atoms with Crippen molar-refractivity contribution in [1.29, 1.82) is 0 Å². The molecule has 0 unspecified atom stereocenters. The molecule has 5 rings (SSSR count). The van der Waals surface area contributed by atoms with E-state index in [0.29, 0.717) is 30.1 Å². The maximum Gasteiger partial charge on any atom is 0.256 e. The first-order valence-corrected chi connectivity index (χ1v) is 13.2. The number of benzene rings is 2. The summed E-state index contributed by atoms with van der Waals surface area (Å²) in [5, 5.41) is 11.4. The topological polar surface area (TPSA) is 82.6 Å². The molecule has 0 saturated heterocycles. The van der Waals surface area contributed by atoms with Gasteiger partial charge in [0, 0.05) is 33.8 Å². The zero-order valence-electron chi connectivity index (χ0n) is 19.7. The van der Waals surface area contributed by atoms with Gasteiger partial charge in [0.05, 0.1) is 13.1 Å². The molecule has 1 aromatic heterocycles. The molecule has 2 aromatic carbocycles. The highest BCUT2D eigenvalue weighted by Crippen LogP contribution is 2.24. The van der Waals surface area contributed by atoms with Crippen LogP contribution in [0.1, 0.15) is 68.8 Å². The number of amidine groups is 1. The van der Waals surface area contributed by atoms with Crippen molar-refractivity contribution in [2.24, 2.45) is 10.9 Å². The van der Waals surface area contributed by atoms with Gasteiger partial charge in [-0.2, -0.15) is 0 Å². The van der Waals surface area contributed by atoms with Crippen molar-refractivity contribution in [3.63, 3.8) is 0 Å². The van der Waals surface area contributed by atoms with Gasteiger partial charge in [-0.15, -0.1) is 11.3 Å². The second kappa shape index (κ2) is 10.9. The molecule has 6 nitrogen and oxygen atoms in total. The van der Waals surface area contributed by atoms with Crippen LogP contribution in [0.2, 0.25) is 0 Å². The molecule has 1 fully saturated rings. The predicted molar refractivity (Wildman–Crippen MR) is 141 cm³/mol. The lowest BCUT2D eigenvalue weighted by Gasteiger charge is -2.22. The van der Waals surface area contributed by atoms with Crippen LogP contribution in [0.25, 0.3) is 0 Å². The number of nitrogens with one attached hydrogen (secondary N) is 3. The quantitative estimate of drug-likeness (QED) is 0.420. The van der Waals surface area contributed by atoms with Crippen LogP contribution >= 0.6 is 11.3 Å². The fraction of sp³-hybridized carbons (Fsp3) is 0.321. The maximum atomic E-state index is 12.9. The SMILES string of the molecule is O=C(NCc1cccs1)c1ccc2c(c1)C(NC(=O)c1ccc(NCC3CCCCC3)cc1)=NC2. The largest absolute Gasteiger partial charge is 0.385 e. The molecule has 2 heterocycles. The van der Waals surface area contributed by atoms with Gasteiger partial charge in [0.2, 0.25) is 0 Å². The fourth-order valence-electron chi connectivity index (χ4n) is 4.69. The Labute approximate surface area is 209 Å². The van der Waals surface area contributed by atoms with Crippen molar-refractivity contribution in [2.75, 3.05) is 11.9 Å². The average Bonchev–Trinajstić information content (AvgIpc) is 3.57. The van der Waals surface area contributed by atoms with Crippen molar-refractivity contribution in [2.45, 2.75) is 45.2 Å². The normalized spacial score (nSPS) is 15.3. The van der Waals surface area contributed by atoms with Gasteiger partial charge in [0.15, 0.2) is 0 Å². The lowest BCUT2D eigenvalue weighted by Crippen LogP contribution is -2.30. The molecule has 35 heavy (non-hydrogen) atoms. The summed E-state index contributed by atoms with van der Waals surface area (Å²) in [5.74, 6) is 0.908. The molecule has 7 heteroatoms. The van der Waals surface area contributed by atoms with E-state index in [9.17, 15) is 9.59 Å². The van der Waals surface area contributed by atoms with Gasteiger partial charge in [-0.25, -0.2) is 0 Å². The molecule has 3 aromatic rings. The van der Waals surface area contributed by atoms with Crippen LogP contribution in [0.4, 0.5) is 5.69 Å². The van der Waals surface area contributed by atoms with Crippen molar-refractivity contribution in [3.05, 3.63) is 87.1 Å². The van der Waals surface area contributed by atoms with Crippen LogP contribution < -0.4 is 16.0 Å². The maximum absolute atomic E-state index is 12.9. The number of carbonyl (C=O) groups is 2. The minimum Gasteiger partial charge on any atom is -0.385 e. The number of rotatable bonds is 7. The monoisotopic (exact) mass is 486 g/mol. The van der Waals surface area contributed by atoms with E-state index < -0.39 is 0 Å². The van der Waals surface area contributed by atoms with E-state index in [2.05, 4.69) is 20.9 Å². The Morgan fingerprint density at radius 1 is 0.943 bits per heavy atom. The first-order valence-electron chi connectivity index (χ1n) is 12.3. The van der Waals surface area contributed by atoms with Gasteiger partial charge in [-0.1, -0.05) is 31.4 Å². The zero-order valence-corrected chi connectivity index (χ0v) is 20.5. The minimum absolute atomic E-state index is 0.143. The van der Waals surface area contributed by atoms with Gasteiger partial charge in [-0.05, 0) is 72.2 Å². The number of thiophene rings is 1. The molecule has 1 saturated carbocycles. The molecule has 1 aliphatic heterocycles. The van der Waals surface area contributed by atoms with Crippen LogP contribution in [0, 0.1) is 5.92 Å². The number of anilines is 1. The number of amides is 2. The second-order valence-electron chi connectivity index (χ2n) is 9.22. The number of nitrogens with zero attached hydrogens (tertiary/aromatic N) is 1. The molecule has 0 atom stereocenters. The van der Waals surface area contributed by atoms with Crippen LogP contribution in [0.15, 0.2) is 65.0 Å². The lowest BCUT2D eigenvalue weighted by molar-refractivity contribution is 0.0949. The fourth-order valence-corrected chi connectivity index (χ4v) is 5.33. The summed E-state index contributed by atoms with van der Waals surface area (Å²) in [6.07, 6.45) is 6.63. The van der Waals surface area contributed by atoms with Crippen molar-refractivity contribution in [1.82, 2.24) is 10.6 Å². The van der Waals surface area contributed by atoms with Crippen LogP contribution in [-0.4, -0.2) is 24.2 Å². The highest BCUT2D eigenvalue weighted by molar-refractivity contribution is 7.09. The predicted octanol–water partition coefficient (Wildman–Crippen LogP) is 5.36. The molecule has 0 bridgehead atoms. The Hall–Kier alpha value is -3.45. The van der Waals surface area contributed by atoms with E-state index in [0.717, 1.165) is 34.2 Å². The summed E-state index contributed by atoms with van der Waals surface area (Å²) < 4.78 is 0. The first kappa shape index (κ1) is 23.3. The molecule has 0 radical (unpaired) electrons. The summed E-state index contributed by atoms with van der Waals surface area (Å²) in [5.41, 5.74) is 3.96. The lowest BCUT2D eigenvalue weighted by atomic mass is 9.89. The molecule has 1 aliphatic carbocycles. The van der Waals surface area contributed by atoms with Crippen LogP contribution in [0.5, 0.6) is 0 Å². The highest BCUT2D eigenvalue weighted by Gasteiger charge is 2.21. The molecular formula is C28H30N4O2S. The Kier molecular flexibility index (Phi) is 7.23. The molecule has 2 amide bonds. The van der Waals surface area contributed by atoms with Gasteiger partial charge in [0.25, 0.3) is 11.8 Å². The minimum atomic E-state index is -0.206. The van der Waals surface area contributed by atoms with Crippen molar-refractivity contribution < 1.29 is 9.59 Å². The smallest absolute Gasteiger partial charge is 0.256 e. The second-order valence-corrected chi connectivity index (χ2v) is 10.2.